The molecule has 2 aromatic rings. The summed E-state index contributed by atoms with van der Waals surface area (Å²) in [5, 5.41) is 0. The third-order valence-electron chi connectivity index (χ3n) is 3.86. The molecule has 0 radical (unpaired) electrons. The Morgan fingerprint density at radius 3 is 2.78 bits per heavy atom. The lowest BCUT2D eigenvalue weighted by molar-refractivity contribution is 0.170. The van der Waals surface area contributed by atoms with Gasteiger partial charge in [0.05, 0.1) is 20.5 Å². The van der Waals surface area contributed by atoms with E-state index in [4.69, 9.17) is 11.6 Å². The van der Waals surface area contributed by atoms with E-state index in [-0.39, 0.29) is 11.4 Å². The van der Waals surface area contributed by atoms with Crippen LogP contribution in [0.2, 0.25) is 0 Å². The van der Waals surface area contributed by atoms with Crippen molar-refractivity contribution >= 4 is 45.2 Å². The second-order valence-electron chi connectivity index (χ2n) is 5.10. The maximum atomic E-state index is 13.8. The van der Waals surface area contributed by atoms with Gasteiger partial charge in [-0.15, -0.1) is 11.6 Å². The van der Waals surface area contributed by atoms with Gasteiger partial charge < -0.3 is 4.57 Å². The summed E-state index contributed by atoms with van der Waals surface area (Å²) in [6.07, 6.45) is 3.43. The Balaban J connectivity index is 2.30. The van der Waals surface area contributed by atoms with Gasteiger partial charge in [-0.2, -0.15) is 0 Å². The molecule has 1 aliphatic rings. The van der Waals surface area contributed by atoms with Crippen LogP contribution in [0.5, 0.6) is 0 Å². The lowest BCUT2D eigenvalue weighted by Gasteiger charge is -2.41. The highest BCUT2D eigenvalue weighted by atomic mass is 127. The van der Waals surface area contributed by atoms with Crippen LogP contribution in [0.1, 0.15) is 32.0 Å². The molecule has 1 fully saturated rings. The number of imidazole rings is 1. The molecule has 0 atom stereocenters. The van der Waals surface area contributed by atoms with E-state index < -0.39 is 0 Å². The number of aromatic nitrogens is 2. The minimum Gasteiger partial charge on any atom is -0.321 e. The summed E-state index contributed by atoms with van der Waals surface area (Å²) in [5.41, 5.74) is 1.76. The molecule has 0 bridgehead atoms. The number of hydrogen-bond acceptors (Lipinski definition) is 1. The first-order chi connectivity index (χ1) is 8.55. The summed E-state index contributed by atoms with van der Waals surface area (Å²) in [6.45, 7) is 2.20. The zero-order valence-corrected chi connectivity index (χ0v) is 12.9. The molecule has 0 amide bonds. The molecule has 3 rings (SSSR count). The minimum atomic E-state index is -0.187. The van der Waals surface area contributed by atoms with E-state index in [1.807, 2.05) is 22.6 Å². The first kappa shape index (κ1) is 12.7. The van der Waals surface area contributed by atoms with Crippen molar-refractivity contribution in [3.05, 3.63) is 27.3 Å². The van der Waals surface area contributed by atoms with E-state index in [0.29, 0.717) is 9.45 Å². The number of alkyl halides is 1. The smallest absolute Gasteiger partial charge is 0.138 e. The van der Waals surface area contributed by atoms with Crippen molar-refractivity contribution < 1.29 is 4.39 Å². The molecule has 0 N–H and O–H groups in total. The normalized spacial score (nSPS) is 18.0. The van der Waals surface area contributed by atoms with Gasteiger partial charge in [-0.3, -0.25) is 0 Å². The molecule has 96 valence electrons. The van der Waals surface area contributed by atoms with Gasteiger partial charge in [-0.1, -0.05) is 0 Å². The molecule has 18 heavy (non-hydrogen) atoms. The first-order valence-corrected chi connectivity index (χ1v) is 7.59. The largest absolute Gasteiger partial charge is 0.321 e. The Hall–Kier alpha value is -0.360. The fourth-order valence-corrected chi connectivity index (χ4v) is 3.36. The summed E-state index contributed by atoms with van der Waals surface area (Å²) in [7, 11) is 0. The lowest BCUT2D eigenvalue weighted by atomic mass is 9.78. The number of benzene rings is 1. The summed E-state index contributed by atoms with van der Waals surface area (Å²) in [4.78, 5) is 4.54. The van der Waals surface area contributed by atoms with Crippen LogP contribution in [-0.4, -0.2) is 9.55 Å². The highest BCUT2D eigenvalue weighted by molar-refractivity contribution is 14.1. The molecule has 1 saturated carbocycles. The Labute approximate surface area is 124 Å². The van der Waals surface area contributed by atoms with E-state index in [1.54, 1.807) is 12.1 Å². The molecule has 1 aromatic heterocycles. The van der Waals surface area contributed by atoms with Crippen molar-refractivity contribution in [2.45, 2.75) is 37.6 Å². The predicted molar refractivity (Wildman–Crippen MR) is 79.5 cm³/mol. The third kappa shape index (κ3) is 1.76. The number of fused-ring (bicyclic) bond motifs is 1. The topological polar surface area (TPSA) is 17.8 Å². The van der Waals surface area contributed by atoms with Crippen LogP contribution in [0, 0.1) is 9.39 Å². The second kappa shape index (κ2) is 4.34. The van der Waals surface area contributed by atoms with Gasteiger partial charge in [0.25, 0.3) is 0 Å². The monoisotopic (exact) mass is 378 g/mol. The minimum absolute atomic E-state index is 0.0538. The van der Waals surface area contributed by atoms with Crippen LogP contribution in [0.25, 0.3) is 11.0 Å². The van der Waals surface area contributed by atoms with Crippen molar-refractivity contribution in [2.24, 2.45) is 0 Å². The molecule has 1 aliphatic carbocycles. The van der Waals surface area contributed by atoms with Gasteiger partial charge in [0.1, 0.15) is 11.6 Å². The highest BCUT2D eigenvalue weighted by Gasteiger charge is 2.36. The van der Waals surface area contributed by atoms with E-state index in [2.05, 4.69) is 16.5 Å². The zero-order valence-electron chi connectivity index (χ0n) is 10.0. The number of nitrogens with zero attached hydrogens (tertiary/aromatic N) is 2. The Kier molecular flexibility index (Phi) is 3.05. The zero-order chi connectivity index (χ0) is 12.9. The SMILES string of the molecule is CC1(n2c(CCl)nc3cc(I)c(F)cc32)CCC1. The second-order valence-corrected chi connectivity index (χ2v) is 6.53. The average Bonchev–Trinajstić information content (AvgIpc) is 2.65. The highest BCUT2D eigenvalue weighted by Crippen LogP contribution is 2.42. The van der Waals surface area contributed by atoms with Gasteiger partial charge in [0.2, 0.25) is 0 Å². The van der Waals surface area contributed by atoms with Gasteiger partial charge >= 0.3 is 0 Å². The molecule has 2 nitrogen and oxygen atoms in total. The van der Waals surface area contributed by atoms with E-state index in [1.165, 1.54) is 6.42 Å². The molecule has 0 saturated heterocycles. The molecule has 0 aliphatic heterocycles. The van der Waals surface area contributed by atoms with Crippen LogP contribution >= 0.6 is 34.2 Å². The predicted octanol–water partition coefficient (Wildman–Crippen LogP) is 4.42. The molecule has 0 spiro atoms. The van der Waals surface area contributed by atoms with Crippen LogP contribution in [0.3, 0.4) is 0 Å². The first-order valence-electron chi connectivity index (χ1n) is 5.98. The molecular weight excluding hydrogens is 366 g/mol. The van der Waals surface area contributed by atoms with Crippen molar-refractivity contribution in [1.29, 1.82) is 0 Å². The third-order valence-corrected chi connectivity index (χ3v) is 4.92. The Bertz CT molecular complexity index is 619. The molecule has 1 aromatic carbocycles. The standard InChI is InChI=1S/C13H13ClFIN2/c1-13(3-2-4-13)18-11-5-8(15)9(16)6-10(11)17-12(18)7-14/h5-6H,2-4,7H2,1H3. The Morgan fingerprint density at radius 1 is 1.50 bits per heavy atom. The van der Waals surface area contributed by atoms with Crippen molar-refractivity contribution in [2.75, 3.05) is 0 Å². The number of halogens is 3. The van der Waals surface area contributed by atoms with Crippen molar-refractivity contribution in [1.82, 2.24) is 9.55 Å². The maximum absolute atomic E-state index is 13.8. The average molecular weight is 379 g/mol. The van der Waals surface area contributed by atoms with Gasteiger partial charge in [-0.25, -0.2) is 9.37 Å². The molecule has 5 heteroatoms. The van der Waals surface area contributed by atoms with Crippen LogP contribution in [-0.2, 0) is 11.4 Å². The summed E-state index contributed by atoms with van der Waals surface area (Å²) >= 11 is 7.98. The maximum Gasteiger partial charge on any atom is 0.138 e. The molecule has 0 unspecified atom stereocenters. The number of rotatable bonds is 2. The van der Waals surface area contributed by atoms with Gasteiger partial charge in [0, 0.05) is 11.6 Å². The van der Waals surface area contributed by atoms with Crippen LogP contribution < -0.4 is 0 Å². The van der Waals surface area contributed by atoms with Crippen LogP contribution in [0.4, 0.5) is 4.39 Å². The van der Waals surface area contributed by atoms with E-state index >= 15 is 0 Å². The van der Waals surface area contributed by atoms with E-state index in [9.17, 15) is 4.39 Å². The fourth-order valence-electron chi connectivity index (χ4n) is 2.73. The van der Waals surface area contributed by atoms with E-state index in [0.717, 1.165) is 29.7 Å². The van der Waals surface area contributed by atoms with Crippen molar-refractivity contribution in [3.8, 4) is 0 Å². The van der Waals surface area contributed by atoms with Gasteiger partial charge in [-0.05, 0) is 54.8 Å². The lowest BCUT2D eigenvalue weighted by Crippen LogP contribution is -2.38. The summed E-state index contributed by atoms with van der Waals surface area (Å²) in [6, 6.07) is 3.38. The molecule has 1 heterocycles. The van der Waals surface area contributed by atoms with Crippen molar-refractivity contribution in [3.63, 3.8) is 0 Å². The van der Waals surface area contributed by atoms with Gasteiger partial charge in [0.15, 0.2) is 0 Å². The fraction of sp³-hybridized carbons (Fsp3) is 0.462. The molecular formula is C13H13ClFIN2. The Morgan fingerprint density at radius 2 is 2.22 bits per heavy atom. The van der Waals surface area contributed by atoms with Crippen LogP contribution in [0.15, 0.2) is 12.1 Å². The quantitative estimate of drug-likeness (QED) is 0.559. The summed E-state index contributed by atoms with van der Waals surface area (Å²) in [5.74, 6) is 1.02. The number of hydrogen-bond donors (Lipinski definition) is 0. The summed E-state index contributed by atoms with van der Waals surface area (Å²) < 4.78 is 16.5.